The fraction of sp³-hybridized carbons (Fsp3) is 0.267. The van der Waals surface area contributed by atoms with Gasteiger partial charge in [0, 0.05) is 23.5 Å². The van der Waals surface area contributed by atoms with E-state index in [-0.39, 0.29) is 0 Å². The van der Waals surface area contributed by atoms with Gasteiger partial charge in [-0.1, -0.05) is 23.7 Å². The molecule has 0 fully saturated rings. The zero-order valence-electron chi connectivity index (χ0n) is 11.6. The Balaban J connectivity index is 2.47. The van der Waals surface area contributed by atoms with E-state index in [4.69, 9.17) is 21.1 Å². The molecule has 1 N–H and O–H groups in total. The van der Waals surface area contributed by atoms with E-state index in [0.29, 0.717) is 27.6 Å². The van der Waals surface area contributed by atoms with E-state index in [0.717, 1.165) is 5.56 Å². The molecular formula is C15H16ClNO3. The summed E-state index contributed by atoms with van der Waals surface area (Å²) in [7, 11) is 3.04. The summed E-state index contributed by atoms with van der Waals surface area (Å²) in [4.78, 5) is 4.08. The molecule has 20 heavy (non-hydrogen) atoms. The molecule has 0 bridgehead atoms. The van der Waals surface area contributed by atoms with Crippen LogP contribution in [0.15, 0.2) is 30.6 Å². The highest BCUT2D eigenvalue weighted by molar-refractivity contribution is 6.33. The average Bonchev–Trinajstić information content (AvgIpc) is 2.46. The summed E-state index contributed by atoms with van der Waals surface area (Å²) < 4.78 is 10.4. The summed E-state index contributed by atoms with van der Waals surface area (Å²) in [6.07, 6.45) is 2.48. The molecule has 0 saturated carbocycles. The van der Waals surface area contributed by atoms with Gasteiger partial charge in [0.25, 0.3) is 0 Å². The summed E-state index contributed by atoms with van der Waals surface area (Å²) >= 11 is 6.29. The number of hydrogen-bond donors (Lipinski definition) is 1. The Kier molecular flexibility index (Phi) is 4.47. The van der Waals surface area contributed by atoms with E-state index in [2.05, 4.69) is 4.98 Å². The number of halogens is 1. The summed E-state index contributed by atoms with van der Waals surface area (Å²) in [5.74, 6) is 0.933. The smallest absolute Gasteiger partial charge is 0.179 e. The third kappa shape index (κ3) is 2.71. The molecule has 0 aliphatic heterocycles. The number of aliphatic hydroxyl groups is 1. The SMILES string of the molecule is COc1ccc(C(O)c2cncc(C)c2)c(Cl)c1OC. The fourth-order valence-corrected chi connectivity index (χ4v) is 2.36. The highest BCUT2D eigenvalue weighted by Crippen LogP contribution is 2.40. The zero-order valence-corrected chi connectivity index (χ0v) is 12.3. The Hall–Kier alpha value is -1.78. The molecule has 1 atom stereocenters. The van der Waals surface area contributed by atoms with Crippen LogP contribution >= 0.6 is 11.6 Å². The van der Waals surface area contributed by atoms with Gasteiger partial charge in [0.15, 0.2) is 11.5 Å². The number of aliphatic hydroxyl groups excluding tert-OH is 1. The van der Waals surface area contributed by atoms with E-state index < -0.39 is 6.10 Å². The van der Waals surface area contributed by atoms with Gasteiger partial charge in [0.05, 0.1) is 19.2 Å². The van der Waals surface area contributed by atoms with E-state index in [1.54, 1.807) is 24.5 Å². The minimum atomic E-state index is -0.866. The van der Waals surface area contributed by atoms with Gasteiger partial charge in [-0.15, -0.1) is 0 Å². The minimum absolute atomic E-state index is 0.334. The fourth-order valence-electron chi connectivity index (χ4n) is 2.02. The number of rotatable bonds is 4. The molecule has 0 saturated heterocycles. The second-order valence-corrected chi connectivity index (χ2v) is 4.78. The number of hydrogen-bond acceptors (Lipinski definition) is 4. The Morgan fingerprint density at radius 3 is 2.55 bits per heavy atom. The lowest BCUT2D eigenvalue weighted by molar-refractivity contribution is 0.219. The van der Waals surface area contributed by atoms with Crippen LogP contribution in [0.2, 0.25) is 5.02 Å². The van der Waals surface area contributed by atoms with Crippen LogP contribution in [0.1, 0.15) is 22.8 Å². The summed E-state index contributed by atoms with van der Waals surface area (Å²) in [6, 6.07) is 5.30. The standard InChI is InChI=1S/C15H16ClNO3/c1-9-6-10(8-17-7-9)14(18)11-4-5-12(19-2)15(20-3)13(11)16/h4-8,14,18H,1-3H3. The Labute approximate surface area is 122 Å². The molecule has 106 valence electrons. The molecule has 0 amide bonds. The van der Waals surface area contributed by atoms with E-state index in [1.807, 2.05) is 13.0 Å². The number of pyridine rings is 1. The molecule has 1 heterocycles. The Morgan fingerprint density at radius 1 is 1.20 bits per heavy atom. The van der Waals surface area contributed by atoms with Gasteiger partial charge >= 0.3 is 0 Å². The van der Waals surface area contributed by atoms with Crippen molar-refractivity contribution in [3.05, 3.63) is 52.3 Å². The number of methoxy groups -OCH3 is 2. The predicted molar refractivity (Wildman–Crippen MR) is 77.6 cm³/mol. The van der Waals surface area contributed by atoms with Crippen molar-refractivity contribution in [1.82, 2.24) is 4.98 Å². The van der Waals surface area contributed by atoms with Gasteiger partial charge in [-0.05, 0) is 18.6 Å². The quantitative estimate of drug-likeness (QED) is 0.941. The van der Waals surface area contributed by atoms with Crippen molar-refractivity contribution in [2.24, 2.45) is 0 Å². The van der Waals surface area contributed by atoms with Crippen molar-refractivity contribution in [2.45, 2.75) is 13.0 Å². The second-order valence-electron chi connectivity index (χ2n) is 4.40. The van der Waals surface area contributed by atoms with Crippen molar-refractivity contribution in [3.63, 3.8) is 0 Å². The van der Waals surface area contributed by atoms with Crippen LogP contribution in [0.5, 0.6) is 11.5 Å². The molecular weight excluding hydrogens is 278 g/mol. The normalized spacial score (nSPS) is 12.1. The highest BCUT2D eigenvalue weighted by Gasteiger charge is 2.20. The van der Waals surface area contributed by atoms with Crippen LogP contribution in [0.3, 0.4) is 0 Å². The van der Waals surface area contributed by atoms with Crippen LogP contribution in [-0.4, -0.2) is 24.3 Å². The maximum absolute atomic E-state index is 10.5. The van der Waals surface area contributed by atoms with Gasteiger partial charge in [-0.25, -0.2) is 0 Å². The molecule has 2 aromatic rings. The van der Waals surface area contributed by atoms with Crippen LogP contribution in [-0.2, 0) is 0 Å². The number of aromatic nitrogens is 1. The maximum Gasteiger partial charge on any atom is 0.179 e. The van der Waals surface area contributed by atoms with Gasteiger partial charge < -0.3 is 14.6 Å². The third-order valence-electron chi connectivity index (χ3n) is 3.02. The first-order valence-electron chi connectivity index (χ1n) is 6.08. The molecule has 0 aliphatic carbocycles. The Morgan fingerprint density at radius 2 is 1.95 bits per heavy atom. The van der Waals surface area contributed by atoms with Gasteiger partial charge in [-0.2, -0.15) is 0 Å². The minimum Gasteiger partial charge on any atom is -0.493 e. The number of nitrogens with zero attached hydrogens (tertiary/aromatic N) is 1. The van der Waals surface area contributed by atoms with Crippen molar-refractivity contribution in [3.8, 4) is 11.5 Å². The third-order valence-corrected chi connectivity index (χ3v) is 3.41. The van der Waals surface area contributed by atoms with Crippen molar-refractivity contribution in [1.29, 1.82) is 0 Å². The van der Waals surface area contributed by atoms with Crippen molar-refractivity contribution < 1.29 is 14.6 Å². The first-order chi connectivity index (χ1) is 9.58. The largest absolute Gasteiger partial charge is 0.493 e. The van der Waals surface area contributed by atoms with Crippen LogP contribution in [0, 0.1) is 6.92 Å². The Bertz CT molecular complexity index is 616. The maximum atomic E-state index is 10.5. The van der Waals surface area contributed by atoms with Crippen LogP contribution in [0.25, 0.3) is 0 Å². The highest BCUT2D eigenvalue weighted by atomic mass is 35.5. The molecule has 1 aromatic carbocycles. The van der Waals surface area contributed by atoms with Crippen LogP contribution in [0.4, 0.5) is 0 Å². The van der Waals surface area contributed by atoms with Crippen molar-refractivity contribution >= 4 is 11.6 Å². The van der Waals surface area contributed by atoms with Gasteiger partial charge in [0.2, 0.25) is 0 Å². The molecule has 1 aromatic heterocycles. The van der Waals surface area contributed by atoms with Crippen LogP contribution < -0.4 is 9.47 Å². The number of benzene rings is 1. The molecule has 5 heteroatoms. The number of ether oxygens (including phenoxy) is 2. The molecule has 4 nitrogen and oxygen atoms in total. The molecule has 0 aliphatic rings. The van der Waals surface area contributed by atoms with E-state index in [1.165, 1.54) is 14.2 Å². The lowest BCUT2D eigenvalue weighted by Crippen LogP contribution is -2.03. The van der Waals surface area contributed by atoms with Crippen molar-refractivity contribution in [2.75, 3.05) is 14.2 Å². The lowest BCUT2D eigenvalue weighted by atomic mass is 10.0. The first kappa shape index (κ1) is 14.6. The monoisotopic (exact) mass is 293 g/mol. The summed E-state index contributed by atoms with van der Waals surface area (Å²) in [5, 5.41) is 10.8. The van der Waals surface area contributed by atoms with Gasteiger partial charge in [0.1, 0.15) is 6.10 Å². The van der Waals surface area contributed by atoms with E-state index in [9.17, 15) is 5.11 Å². The molecule has 2 rings (SSSR count). The first-order valence-corrected chi connectivity index (χ1v) is 6.46. The molecule has 0 radical (unpaired) electrons. The molecule has 0 spiro atoms. The predicted octanol–water partition coefficient (Wildman–Crippen LogP) is 3.14. The lowest BCUT2D eigenvalue weighted by Gasteiger charge is -2.17. The summed E-state index contributed by atoms with van der Waals surface area (Å²) in [6.45, 7) is 1.92. The average molecular weight is 294 g/mol. The topological polar surface area (TPSA) is 51.6 Å². The van der Waals surface area contributed by atoms with E-state index >= 15 is 0 Å². The summed E-state index contributed by atoms with van der Waals surface area (Å²) in [5.41, 5.74) is 2.20. The second kappa shape index (κ2) is 6.11. The van der Waals surface area contributed by atoms with Gasteiger partial charge in [-0.3, -0.25) is 4.98 Å². The zero-order chi connectivity index (χ0) is 14.7. The number of aryl methyl sites for hydroxylation is 1. The molecule has 1 unspecified atom stereocenters.